The third kappa shape index (κ3) is 2.63. The number of aromatic nitrogens is 3. The summed E-state index contributed by atoms with van der Waals surface area (Å²) in [5.74, 6) is 0.114. The molecular formula is C14H18N4O3. The Bertz CT molecular complexity index is 706. The number of rotatable bonds is 2. The van der Waals surface area contributed by atoms with Crippen molar-refractivity contribution in [3.05, 3.63) is 34.6 Å². The lowest BCUT2D eigenvalue weighted by Crippen LogP contribution is -2.40. The van der Waals surface area contributed by atoms with E-state index in [0.29, 0.717) is 25.3 Å². The van der Waals surface area contributed by atoms with Crippen molar-refractivity contribution >= 4 is 11.7 Å². The van der Waals surface area contributed by atoms with Gasteiger partial charge in [0.25, 0.3) is 5.56 Å². The molecule has 0 bridgehead atoms. The van der Waals surface area contributed by atoms with Gasteiger partial charge < -0.3 is 19.0 Å². The highest BCUT2D eigenvalue weighted by atomic mass is 16.6. The van der Waals surface area contributed by atoms with Crippen LogP contribution in [0.15, 0.2) is 23.4 Å². The maximum Gasteiger partial charge on any atom is 0.409 e. The number of aromatic amines is 1. The molecule has 112 valence electrons. The van der Waals surface area contributed by atoms with Crippen LogP contribution in [0, 0.1) is 0 Å². The fourth-order valence-corrected chi connectivity index (χ4v) is 2.78. The van der Waals surface area contributed by atoms with Gasteiger partial charge in [-0.15, -0.1) is 0 Å². The molecule has 21 heavy (non-hydrogen) atoms. The Morgan fingerprint density at radius 2 is 2.43 bits per heavy atom. The van der Waals surface area contributed by atoms with Gasteiger partial charge >= 0.3 is 6.09 Å². The number of H-pyrrole nitrogens is 1. The highest BCUT2D eigenvalue weighted by Gasteiger charge is 2.26. The summed E-state index contributed by atoms with van der Waals surface area (Å²) >= 11 is 0. The van der Waals surface area contributed by atoms with Crippen molar-refractivity contribution in [1.29, 1.82) is 0 Å². The Kier molecular flexibility index (Phi) is 3.64. The van der Waals surface area contributed by atoms with E-state index in [-0.39, 0.29) is 17.6 Å². The fourth-order valence-electron chi connectivity index (χ4n) is 2.78. The minimum absolute atomic E-state index is 0.114. The molecule has 1 atom stereocenters. The van der Waals surface area contributed by atoms with E-state index in [0.717, 1.165) is 18.5 Å². The Morgan fingerprint density at radius 1 is 1.57 bits per heavy atom. The third-order valence-corrected chi connectivity index (χ3v) is 3.80. The normalized spacial score (nSPS) is 18.9. The van der Waals surface area contributed by atoms with E-state index in [4.69, 9.17) is 4.74 Å². The summed E-state index contributed by atoms with van der Waals surface area (Å²) in [6, 6.07) is 0. The molecule has 0 saturated carbocycles. The second-order valence-electron chi connectivity index (χ2n) is 5.18. The molecular weight excluding hydrogens is 272 g/mol. The van der Waals surface area contributed by atoms with E-state index < -0.39 is 0 Å². The number of imidazole rings is 1. The van der Waals surface area contributed by atoms with Gasteiger partial charge in [0.15, 0.2) is 0 Å². The summed E-state index contributed by atoms with van der Waals surface area (Å²) in [6.45, 7) is 3.43. The molecule has 0 aromatic carbocycles. The molecule has 3 rings (SSSR count). The summed E-state index contributed by atoms with van der Waals surface area (Å²) in [7, 11) is 0. The zero-order valence-electron chi connectivity index (χ0n) is 11.9. The van der Waals surface area contributed by atoms with E-state index in [1.807, 2.05) is 6.20 Å². The van der Waals surface area contributed by atoms with Crippen LogP contribution in [-0.2, 0) is 4.74 Å². The van der Waals surface area contributed by atoms with E-state index in [2.05, 4.69) is 9.97 Å². The minimum Gasteiger partial charge on any atom is -0.450 e. The number of likely N-dealkylation sites (tertiary alicyclic amines) is 1. The van der Waals surface area contributed by atoms with Gasteiger partial charge in [-0.3, -0.25) is 4.79 Å². The van der Waals surface area contributed by atoms with E-state index >= 15 is 0 Å². The van der Waals surface area contributed by atoms with E-state index in [9.17, 15) is 9.59 Å². The van der Waals surface area contributed by atoms with Crippen LogP contribution >= 0.6 is 0 Å². The van der Waals surface area contributed by atoms with Crippen molar-refractivity contribution < 1.29 is 9.53 Å². The lowest BCUT2D eigenvalue weighted by Gasteiger charge is -2.31. The first-order valence-corrected chi connectivity index (χ1v) is 7.16. The summed E-state index contributed by atoms with van der Waals surface area (Å²) in [5, 5.41) is 0. The monoisotopic (exact) mass is 290 g/mol. The molecule has 1 saturated heterocycles. The van der Waals surface area contributed by atoms with Gasteiger partial charge in [0.05, 0.1) is 6.61 Å². The van der Waals surface area contributed by atoms with Crippen LogP contribution in [0.1, 0.15) is 31.4 Å². The maximum atomic E-state index is 12.0. The van der Waals surface area contributed by atoms with Gasteiger partial charge in [-0.1, -0.05) is 0 Å². The van der Waals surface area contributed by atoms with Gasteiger partial charge in [0.1, 0.15) is 0 Å². The molecule has 1 amide bonds. The number of carbonyl (C=O) groups excluding carboxylic acids is 1. The van der Waals surface area contributed by atoms with Crippen LogP contribution < -0.4 is 5.56 Å². The Labute approximate surface area is 121 Å². The van der Waals surface area contributed by atoms with Crippen molar-refractivity contribution in [1.82, 2.24) is 19.3 Å². The number of carbonyl (C=O) groups is 1. The molecule has 3 heterocycles. The molecule has 1 fully saturated rings. The number of piperidine rings is 1. The van der Waals surface area contributed by atoms with Crippen molar-refractivity contribution in [2.45, 2.75) is 25.7 Å². The third-order valence-electron chi connectivity index (χ3n) is 3.80. The molecule has 7 nitrogen and oxygen atoms in total. The molecule has 2 aromatic rings. The van der Waals surface area contributed by atoms with Crippen molar-refractivity contribution in [2.24, 2.45) is 0 Å². The van der Waals surface area contributed by atoms with Crippen LogP contribution in [0.5, 0.6) is 0 Å². The smallest absolute Gasteiger partial charge is 0.409 e. The first-order chi connectivity index (χ1) is 10.2. The van der Waals surface area contributed by atoms with Crippen LogP contribution in [0.2, 0.25) is 0 Å². The van der Waals surface area contributed by atoms with Gasteiger partial charge in [-0.05, 0) is 19.8 Å². The lowest BCUT2D eigenvalue weighted by atomic mass is 9.95. The average Bonchev–Trinajstić information content (AvgIpc) is 2.96. The van der Waals surface area contributed by atoms with Crippen molar-refractivity contribution in [3.63, 3.8) is 0 Å². The molecule has 2 aromatic heterocycles. The topological polar surface area (TPSA) is 79.7 Å². The Morgan fingerprint density at radius 3 is 3.24 bits per heavy atom. The van der Waals surface area contributed by atoms with Crippen LogP contribution in [0.25, 0.3) is 5.65 Å². The van der Waals surface area contributed by atoms with Gasteiger partial charge in [0.2, 0.25) is 5.65 Å². The van der Waals surface area contributed by atoms with Gasteiger partial charge in [-0.25, -0.2) is 9.78 Å². The molecule has 1 aliphatic heterocycles. The largest absolute Gasteiger partial charge is 0.450 e. The summed E-state index contributed by atoms with van der Waals surface area (Å²) in [5.41, 5.74) is 1.02. The first kappa shape index (κ1) is 13.7. The zero-order valence-corrected chi connectivity index (χ0v) is 11.9. The van der Waals surface area contributed by atoms with E-state index in [1.54, 1.807) is 28.6 Å². The maximum absolute atomic E-state index is 12.0. The molecule has 0 radical (unpaired) electrons. The number of fused-ring (bicyclic) bond motifs is 1. The van der Waals surface area contributed by atoms with Gasteiger partial charge in [-0.2, -0.15) is 0 Å². The van der Waals surface area contributed by atoms with Gasteiger partial charge in [0, 0.05) is 43.3 Å². The molecule has 0 spiro atoms. The summed E-state index contributed by atoms with van der Waals surface area (Å²) in [6.07, 6.45) is 6.77. The predicted molar refractivity (Wildman–Crippen MR) is 76.4 cm³/mol. The highest BCUT2D eigenvalue weighted by molar-refractivity contribution is 5.67. The fraction of sp³-hybridized carbons (Fsp3) is 0.500. The van der Waals surface area contributed by atoms with Crippen LogP contribution in [-0.4, -0.2) is 45.1 Å². The van der Waals surface area contributed by atoms with Crippen LogP contribution in [0.4, 0.5) is 4.79 Å². The molecule has 7 heteroatoms. The highest BCUT2D eigenvalue weighted by Crippen LogP contribution is 2.25. The lowest BCUT2D eigenvalue weighted by molar-refractivity contribution is 0.0955. The minimum atomic E-state index is -0.284. The summed E-state index contributed by atoms with van der Waals surface area (Å²) < 4.78 is 6.77. The molecule has 1 N–H and O–H groups in total. The van der Waals surface area contributed by atoms with Crippen molar-refractivity contribution in [3.8, 4) is 0 Å². The predicted octanol–water partition coefficient (Wildman–Crippen LogP) is 1.36. The summed E-state index contributed by atoms with van der Waals surface area (Å²) in [4.78, 5) is 32.4. The molecule has 0 aliphatic carbocycles. The number of amides is 1. The van der Waals surface area contributed by atoms with Crippen LogP contribution in [0.3, 0.4) is 0 Å². The first-order valence-electron chi connectivity index (χ1n) is 7.16. The number of hydrogen-bond acceptors (Lipinski definition) is 4. The Balaban J connectivity index is 1.84. The molecule has 1 unspecified atom stereocenters. The standard InChI is InChI=1S/C14H18N4O3/c1-2-21-14(20)18-6-3-4-10(8-18)11-9-17-7-5-15-12(17)13(19)16-11/h5,7,9-10H,2-4,6,8H2,1H3,(H,16,19). The zero-order chi connectivity index (χ0) is 14.8. The van der Waals surface area contributed by atoms with Crippen molar-refractivity contribution in [2.75, 3.05) is 19.7 Å². The quantitative estimate of drug-likeness (QED) is 0.905. The number of nitrogens with zero attached hydrogens (tertiary/aromatic N) is 3. The SMILES string of the molecule is CCOC(=O)N1CCCC(c2cn3ccnc3c(=O)[nH]2)C1. The second kappa shape index (κ2) is 5.59. The van der Waals surface area contributed by atoms with E-state index in [1.165, 1.54) is 0 Å². The number of hydrogen-bond donors (Lipinski definition) is 1. The Hall–Kier alpha value is -2.31. The number of ether oxygens (including phenoxy) is 1. The average molecular weight is 290 g/mol. The number of nitrogens with one attached hydrogen (secondary N) is 1. The molecule has 1 aliphatic rings. The second-order valence-corrected chi connectivity index (χ2v) is 5.18.